The molecule has 8 nitrogen and oxygen atoms in total. The Morgan fingerprint density at radius 3 is 2.59 bits per heavy atom. The summed E-state index contributed by atoms with van der Waals surface area (Å²) in [4.78, 5) is 12.1. The molecule has 1 aromatic heterocycles. The van der Waals surface area contributed by atoms with E-state index in [-0.39, 0.29) is 36.8 Å². The first-order chi connectivity index (χ1) is 13.8. The number of ether oxygens (including phenoxy) is 1. The molecule has 1 amide bonds. The largest absolute Gasteiger partial charge is 0.373 e. The van der Waals surface area contributed by atoms with Gasteiger partial charge in [0.15, 0.2) is 0 Å². The zero-order chi connectivity index (χ0) is 20.9. The minimum Gasteiger partial charge on any atom is -0.373 e. The van der Waals surface area contributed by atoms with E-state index in [4.69, 9.17) is 4.74 Å². The molecule has 0 aliphatic carbocycles. The maximum absolute atomic E-state index is 12.5. The normalized spacial score (nSPS) is 20.5. The minimum atomic E-state index is -3.41. The second kappa shape index (κ2) is 9.51. The summed E-state index contributed by atoms with van der Waals surface area (Å²) >= 11 is 0. The van der Waals surface area contributed by atoms with Crippen molar-refractivity contribution in [3.05, 3.63) is 48.3 Å². The molecule has 1 aromatic carbocycles. The Hall–Kier alpha value is -2.23. The number of rotatable bonds is 8. The molecule has 1 aliphatic heterocycles. The molecule has 1 N–H and O–H groups in total. The van der Waals surface area contributed by atoms with E-state index < -0.39 is 10.0 Å². The number of amides is 1. The van der Waals surface area contributed by atoms with Crippen molar-refractivity contribution in [1.82, 2.24) is 19.4 Å². The maximum Gasteiger partial charge on any atom is 0.220 e. The van der Waals surface area contributed by atoms with Gasteiger partial charge in [0, 0.05) is 32.3 Å². The minimum absolute atomic E-state index is 0.102. The van der Waals surface area contributed by atoms with E-state index in [0.29, 0.717) is 19.5 Å². The third kappa shape index (κ3) is 6.12. The summed E-state index contributed by atoms with van der Waals surface area (Å²) in [6.07, 6.45) is 4.22. The van der Waals surface area contributed by atoms with Gasteiger partial charge in [-0.1, -0.05) is 18.2 Å². The highest BCUT2D eigenvalue weighted by Gasteiger charge is 2.30. The van der Waals surface area contributed by atoms with Gasteiger partial charge in [-0.3, -0.25) is 4.79 Å². The van der Waals surface area contributed by atoms with E-state index in [2.05, 4.69) is 10.4 Å². The number of para-hydroxylation sites is 1. The summed E-state index contributed by atoms with van der Waals surface area (Å²) in [5.41, 5.74) is 1.91. The van der Waals surface area contributed by atoms with Crippen LogP contribution in [0.25, 0.3) is 5.69 Å². The van der Waals surface area contributed by atoms with Crippen LogP contribution in [0.3, 0.4) is 0 Å². The van der Waals surface area contributed by atoms with Crippen LogP contribution >= 0.6 is 0 Å². The standard InChI is InChI=1S/C20H28N4O4S/c1-16-13-23(14-17(2)28-16)29(26,27)11-10-21-20(25)9-8-18-12-22-24(15-18)19-6-4-3-5-7-19/h3-7,12,15-17H,8-11,13-14H2,1-2H3,(H,21,25)/t16-,17+. The van der Waals surface area contributed by atoms with Crippen molar-refractivity contribution < 1.29 is 17.9 Å². The Morgan fingerprint density at radius 2 is 1.90 bits per heavy atom. The van der Waals surface area contributed by atoms with Crippen LogP contribution in [0, 0.1) is 0 Å². The van der Waals surface area contributed by atoms with E-state index in [9.17, 15) is 13.2 Å². The SMILES string of the molecule is C[C@@H]1CN(S(=O)(=O)CCNC(=O)CCc2cnn(-c3ccccc3)c2)C[C@H](C)O1. The zero-order valence-corrected chi connectivity index (χ0v) is 17.6. The van der Waals surface area contributed by atoms with Crippen LogP contribution in [0.5, 0.6) is 0 Å². The molecule has 0 saturated carbocycles. The van der Waals surface area contributed by atoms with Crippen molar-refractivity contribution in [2.75, 3.05) is 25.4 Å². The monoisotopic (exact) mass is 420 g/mol. The number of aryl methyl sites for hydroxylation is 1. The molecule has 2 aromatic rings. The lowest BCUT2D eigenvalue weighted by molar-refractivity contribution is -0.120. The third-order valence-electron chi connectivity index (χ3n) is 4.76. The molecule has 29 heavy (non-hydrogen) atoms. The Balaban J connectivity index is 1.42. The van der Waals surface area contributed by atoms with Crippen molar-refractivity contribution in [3.8, 4) is 5.69 Å². The van der Waals surface area contributed by atoms with E-state index in [1.807, 2.05) is 50.4 Å². The van der Waals surface area contributed by atoms with Crippen molar-refractivity contribution >= 4 is 15.9 Å². The van der Waals surface area contributed by atoms with E-state index in [0.717, 1.165) is 11.3 Å². The van der Waals surface area contributed by atoms with Gasteiger partial charge < -0.3 is 10.1 Å². The van der Waals surface area contributed by atoms with Gasteiger partial charge >= 0.3 is 0 Å². The fourth-order valence-electron chi connectivity index (χ4n) is 3.36. The number of sulfonamides is 1. The van der Waals surface area contributed by atoms with E-state index >= 15 is 0 Å². The van der Waals surface area contributed by atoms with Gasteiger partial charge in [0.25, 0.3) is 0 Å². The highest BCUT2D eigenvalue weighted by Crippen LogP contribution is 2.14. The summed E-state index contributed by atoms with van der Waals surface area (Å²) < 4.78 is 33.8. The second-order valence-corrected chi connectivity index (χ2v) is 9.46. The van der Waals surface area contributed by atoms with Crippen molar-refractivity contribution in [3.63, 3.8) is 0 Å². The molecule has 0 unspecified atom stereocenters. The third-order valence-corrected chi connectivity index (χ3v) is 6.56. The van der Waals surface area contributed by atoms with Crippen LogP contribution in [0.15, 0.2) is 42.7 Å². The van der Waals surface area contributed by atoms with Crippen LogP contribution in [0.1, 0.15) is 25.8 Å². The van der Waals surface area contributed by atoms with Gasteiger partial charge in [-0.2, -0.15) is 9.40 Å². The quantitative estimate of drug-likeness (QED) is 0.696. The lowest BCUT2D eigenvalue weighted by atomic mass is 10.2. The van der Waals surface area contributed by atoms with Crippen LogP contribution in [0.2, 0.25) is 0 Å². The first-order valence-corrected chi connectivity index (χ1v) is 11.4. The summed E-state index contributed by atoms with van der Waals surface area (Å²) in [6, 6.07) is 9.74. The van der Waals surface area contributed by atoms with Gasteiger partial charge in [0.05, 0.1) is 29.8 Å². The number of carbonyl (C=O) groups excluding carboxylic acids is 1. The summed E-state index contributed by atoms with van der Waals surface area (Å²) in [7, 11) is -3.41. The highest BCUT2D eigenvalue weighted by molar-refractivity contribution is 7.89. The second-order valence-electron chi connectivity index (χ2n) is 7.37. The smallest absolute Gasteiger partial charge is 0.220 e. The summed E-state index contributed by atoms with van der Waals surface area (Å²) in [6.45, 7) is 4.53. The van der Waals surface area contributed by atoms with Crippen LogP contribution in [-0.4, -0.2) is 66.0 Å². The predicted molar refractivity (Wildman–Crippen MR) is 110 cm³/mol. The number of hydrogen-bond donors (Lipinski definition) is 1. The van der Waals surface area contributed by atoms with Gasteiger partial charge in [0.1, 0.15) is 0 Å². The molecule has 0 spiro atoms. The lowest BCUT2D eigenvalue weighted by Crippen LogP contribution is -2.49. The van der Waals surface area contributed by atoms with Gasteiger partial charge in [-0.25, -0.2) is 13.1 Å². The predicted octanol–water partition coefficient (Wildman–Crippen LogP) is 1.36. The Labute approximate surface area is 171 Å². The lowest BCUT2D eigenvalue weighted by Gasteiger charge is -2.34. The van der Waals surface area contributed by atoms with E-state index in [1.165, 1.54) is 4.31 Å². The molecule has 2 heterocycles. The molecule has 3 rings (SSSR count). The molecule has 1 saturated heterocycles. The maximum atomic E-state index is 12.5. The molecular formula is C20H28N4O4S. The van der Waals surface area contributed by atoms with Crippen molar-refractivity contribution in [2.24, 2.45) is 0 Å². The zero-order valence-electron chi connectivity index (χ0n) is 16.8. The van der Waals surface area contributed by atoms with Gasteiger partial charge in [-0.05, 0) is 38.0 Å². The Kier molecular flexibility index (Phi) is 7.05. The number of hydrogen-bond acceptors (Lipinski definition) is 5. The molecule has 9 heteroatoms. The first-order valence-electron chi connectivity index (χ1n) is 9.82. The van der Waals surface area contributed by atoms with Crippen molar-refractivity contribution in [2.45, 2.75) is 38.9 Å². The number of benzene rings is 1. The highest BCUT2D eigenvalue weighted by atomic mass is 32.2. The molecule has 1 aliphatic rings. The average molecular weight is 421 g/mol. The number of nitrogens with one attached hydrogen (secondary N) is 1. The number of nitrogens with zero attached hydrogens (tertiary/aromatic N) is 3. The number of carbonyl (C=O) groups is 1. The molecular weight excluding hydrogens is 392 g/mol. The molecule has 1 fully saturated rings. The molecule has 0 bridgehead atoms. The topological polar surface area (TPSA) is 93.5 Å². The number of morpholine rings is 1. The molecule has 2 atom stereocenters. The molecule has 0 radical (unpaired) electrons. The van der Waals surface area contributed by atoms with Gasteiger partial charge in [0.2, 0.25) is 15.9 Å². The average Bonchev–Trinajstić information content (AvgIpc) is 3.15. The van der Waals surface area contributed by atoms with Crippen LogP contribution in [0.4, 0.5) is 0 Å². The first kappa shape index (κ1) is 21.5. The summed E-state index contributed by atoms with van der Waals surface area (Å²) in [5.74, 6) is -0.277. The van der Waals surface area contributed by atoms with Gasteiger partial charge in [-0.15, -0.1) is 0 Å². The fraction of sp³-hybridized carbons (Fsp3) is 0.500. The number of aromatic nitrogens is 2. The summed E-state index contributed by atoms with van der Waals surface area (Å²) in [5, 5.41) is 7.02. The Morgan fingerprint density at radius 1 is 1.21 bits per heavy atom. The Bertz CT molecular complexity index is 904. The van der Waals surface area contributed by atoms with Crippen molar-refractivity contribution in [1.29, 1.82) is 0 Å². The van der Waals surface area contributed by atoms with Crippen LogP contribution < -0.4 is 5.32 Å². The van der Waals surface area contributed by atoms with E-state index in [1.54, 1.807) is 10.9 Å². The fourth-order valence-corrected chi connectivity index (χ4v) is 4.86. The van der Waals surface area contributed by atoms with Crippen LogP contribution in [-0.2, 0) is 26.0 Å². The molecule has 158 valence electrons.